The number of anilines is 3. The van der Waals surface area contributed by atoms with Crippen LogP contribution in [0.5, 0.6) is 0 Å². The Balaban J connectivity index is 0.897. The van der Waals surface area contributed by atoms with Crippen molar-refractivity contribution >= 4 is 72.1 Å². The van der Waals surface area contributed by atoms with Gasteiger partial charge in [0.1, 0.15) is 11.2 Å². The van der Waals surface area contributed by atoms with Gasteiger partial charge >= 0.3 is 0 Å². The predicted octanol–water partition coefficient (Wildman–Crippen LogP) is 18.5. The number of nitrogens with zero attached hydrogens (tertiary/aromatic N) is 2. The number of para-hydroxylation sites is 5. The molecule has 2 aromatic heterocycles. The Bertz CT molecular complexity index is 3890. The standard InChI is InChI=1S/C66H46N2O/c1-2-18-47(19-3-1)52-22-4-5-23-53(52)49-20-16-21-51(44-49)67(62-32-12-9-27-57(62)59-29-17-30-60-58-28-10-15-35-65(58)69-66(59)60)50-42-40-46(41-43-50)45-36-38-48(39-37-45)54-24-6-11-31-61(54)68-63-33-13-7-25-55(63)56-26-8-14-34-64(56)68/h1-5,7-10,12-44H,6,11H2. The van der Waals surface area contributed by atoms with Gasteiger partial charge in [0.15, 0.2) is 0 Å². The van der Waals surface area contributed by atoms with Crippen LogP contribution in [0.3, 0.4) is 0 Å². The fraction of sp³-hybridized carbons (Fsp3) is 0.0303. The number of furan rings is 1. The molecule has 1 aliphatic carbocycles. The van der Waals surface area contributed by atoms with Crippen LogP contribution in [0.1, 0.15) is 18.4 Å². The molecule has 0 aliphatic heterocycles. The Hall–Kier alpha value is -8.92. The summed E-state index contributed by atoms with van der Waals surface area (Å²) < 4.78 is 9.12. The van der Waals surface area contributed by atoms with E-state index in [-0.39, 0.29) is 0 Å². The zero-order valence-corrected chi connectivity index (χ0v) is 38.0. The number of benzene rings is 10. The van der Waals surface area contributed by atoms with E-state index in [2.05, 4.69) is 258 Å². The van der Waals surface area contributed by atoms with E-state index < -0.39 is 0 Å². The molecule has 0 N–H and O–H groups in total. The molecule has 13 rings (SSSR count). The Labute approximate surface area is 401 Å². The molecule has 69 heavy (non-hydrogen) atoms. The van der Waals surface area contributed by atoms with Crippen LogP contribution in [0, 0.1) is 0 Å². The van der Waals surface area contributed by atoms with E-state index in [1.807, 2.05) is 6.07 Å². The first-order valence-corrected chi connectivity index (χ1v) is 23.9. The van der Waals surface area contributed by atoms with Crippen molar-refractivity contribution < 1.29 is 4.42 Å². The van der Waals surface area contributed by atoms with Crippen LogP contribution >= 0.6 is 0 Å². The van der Waals surface area contributed by atoms with Gasteiger partial charge in [-0.25, -0.2) is 0 Å². The Morgan fingerprint density at radius 3 is 1.64 bits per heavy atom. The highest BCUT2D eigenvalue weighted by atomic mass is 16.3. The second-order valence-electron chi connectivity index (χ2n) is 17.9. The lowest BCUT2D eigenvalue weighted by molar-refractivity contribution is 0.670. The first kappa shape index (κ1) is 40.4. The molecule has 0 radical (unpaired) electrons. The SMILES string of the molecule is C1=C(c2ccc(-c3ccc(N(c4cccc(-c5ccccc5-c5ccccc5)c4)c4ccccc4-c4cccc5c4oc4ccccc45)cc3)cc2)C(n2c3ccccc3c3ccccc32)=CCC1. The molecule has 0 saturated heterocycles. The van der Waals surface area contributed by atoms with E-state index in [0.717, 1.165) is 74.1 Å². The van der Waals surface area contributed by atoms with Crippen LogP contribution in [-0.4, -0.2) is 4.57 Å². The average Bonchev–Trinajstić information content (AvgIpc) is 3.98. The molecule has 2 heterocycles. The van der Waals surface area contributed by atoms with E-state index in [1.54, 1.807) is 0 Å². The van der Waals surface area contributed by atoms with Crippen molar-refractivity contribution in [3.8, 4) is 44.5 Å². The van der Waals surface area contributed by atoms with Crippen LogP contribution in [0.15, 0.2) is 259 Å². The van der Waals surface area contributed by atoms with Crippen LogP contribution < -0.4 is 4.90 Å². The van der Waals surface area contributed by atoms with E-state index in [4.69, 9.17) is 4.42 Å². The summed E-state index contributed by atoms with van der Waals surface area (Å²) in [6.07, 6.45) is 6.87. The van der Waals surface area contributed by atoms with Gasteiger partial charge in [0.25, 0.3) is 0 Å². The minimum absolute atomic E-state index is 0.886. The number of allylic oxidation sites excluding steroid dienone is 4. The minimum Gasteiger partial charge on any atom is -0.455 e. The molecule has 0 unspecified atom stereocenters. The molecule has 3 nitrogen and oxygen atoms in total. The number of rotatable bonds is 9. The first-order chi connectivity index (χ1) is 34.2. The highest BCUT2D eigenvalue weighted by Gasteiger charge is 2.23. The maximum atomic E-state index is 6.66. The fourth-order valence-corrected chi connectivity index (χ4v) is 10.7. The molecule has 1 aliphatic rings. The summed E-state index contributed by atoms with van der Waals surface area (Å²) in [5.41, 5.74) is 20.4. The van der Waals surface area contributed by atoms with Gasteiger partial charge in [-0.1, -0.05) is 206 Å². The molecule has 326 valence electrons. The van der Waals surface area contributed by atoms with Crippen LogP contribution in [0.4, 0.5) is 17.1 Å². The molecule has 3 heteroatoms. The number of hydrogen-bond acceptors (Lipinski definition) is 2. The third-order valence-corrected chi connectivity index (χ3v) is 13.9. The fourth-order valence-electron chi connectivity index (χ4n) is 10.7. The van der Waals surface area contributed by atoms with Crippen LogP contribution in [0.2, 0.25) is 0 Å². The van der Waals surface area contributed by atoms with Crippen molar-refractivity contribution in [3.05, 3.63) is 260 Å². The first-order valence-electron chi connectivity index (χ1n) is 23.9. The second-order valence-corrected chi connectivity index (χ2v) is 17.9. The summed E-state index contributed by atoms with van der Waals surface area (Å²) in [6.45, 7) is 0. The van der Waals surface area contributed by atoms with Crippen molar-refractivity contribution in [3.63, 3.8) is 0 Å². The van der Waals surface area contributed by atoms with E-state index in [1.165, 1.54) is 60.9 Å². The van der Waals surface area contributed by atoms with Gasteiger partial charge in [0.05, 0.1) is 16.7 Å². The summed E-state index contributed by atoms with van der Waals surface area (Å²) in [6, 6.07) is 87.6. The summed E-state index contributed by atoms with van der Waals surface area (Å²) >= 11 is 0. The average molecular weight is 883 g/mol. The monoisotopic (exact) mass is 882 g/mol. The quantitative estimate of drug-likeness (QED) is 0.144. The highest BCUT2D eigenvalue weighted by molar-refractivity contribution is 6.14. The van der Waals surface area contributed by atoms with Gasteiger partial charge in [0.2, 0.25) is 0 Å². The summed E-state index contributed by atoms with van der Waals surface area (Å²) in [7, 11) is 0. The van der Waals surface area contributed by atoms with Crippen molar-refractivity contribution in [2.24, 2.45) is 0 Å². The normalized spacial score (nSPS) is 12.7. The van der Waals surface area contributed by atoms with Gasteiger partial charge in [-0.15, -0.1) is 0 Å². The van der Waals surface area contributed by atoms with E-state index in [0.29, 0.717) is 0 Å². The molecule has 0 spiro atoms. The lowest BCUT2D eigenvalue weighted by Gasteiger charge is -2.28. The van der Waals surface area contributed by atoms with E-state index >= 15 is 0 Å². The minimum atomic E-state index is 0.886. The number of aromatic nitrogens is 1. The largest absolute Gasteiger partial charge is 0.455 e. The molecule has 12 aromatic rings. The molecule has 0 amide bonds. The predicted molar refractivity (Wildman–Crippen MR) is 291 cm³/mol. The number of hydrogen-bond donors (Lipinski definition) is 0. The molecule has 0 saturated carbocycles. The molecule has 0 atom stereocenters. The van der Waals surface area contributed by atoms with Gasteiger partial charge in [-0.2, -0.15) is 0 Å². The molecule has 0 bridgehead atoms. The van der Waals surface area contributed by atoms with Crippen molar-refractivity contribution in [2.75, 3.05) is 4.90 Å². The van der Waals surface area contributed by atoms with Gasteiger partial charge in [-0.3, -0.25) is 0 Å². The third-order valence-electron chi connectivity index (χ3n) is 13.9. The van der Waals surface area contributed by atoms with Crippen LogP contribution in [0.25, 0.3) is 99.5 Å². The molecule has 0 fully saturated rings. The van der Waals surface area contributed by atoms with Gasteiger partial charge in [-0.05, 0) is 100 Å². The summed E-state index contributed by atoms with van der Waals surface area (Å²) in [5, 5.41) is 4.79. The Kier molecular flexibility index (Phi) is 9.98. The Morgan fingerprint density at radius 1 is 0.348 bits per heavy atom. The van der Waals surface area contributed by atoms with Crippen molar-refractivity contribution in [1.29, 1.82) is 0 Å². The topological polar surface area (TPSA) is 21.3 Å². The van der Waals surface area contributed by atoms with Crippen molar-refractivity contribution in [1.82, 2.24) is 4.57 Å². The van der Waals surface area contributed by atoms with E-state index in [9.17, 15) is 0 Å². The third kappa shape index (κ3) is 7.06. The Morgan fingerprint density at radius 2 is 0.884 bits per heavy atom. The summed E-state index contributed by atoms with van der Waals surface area (Å²) in [5.74, 6) is 0. The second kappa shape index (κ2) is 17.1. The lowest BCUT2D eigenvalue weighted by Crippen LogP contribution is -2.11. The van der Waals surface area contributed by atoms with Crippen LogP contribution in [-0.2, 0) is 0 Å². The zero-order chi connectivity index (χ0) is 45.7. The zero-order valence-electron chi connectivity index (χ0n) is 38.0. The van der Waals surface area contributed by atoms with Gasteiger partial charge in [0, 0.05) is 55.3 Å². The molecular weight excluding hydrogens is 837 g/mol. The smallest absolute Gasteiger partial charge is 0.143 e. The maximum absolute atomic E-state index is 6.66. The highest BCUT2D eigenvalue weighted by Crippen LogP contribution is 2.46. The maximum Gasteiger partial charge on any atom is 0.143 e. The van der Waals surface area contributed by atoms with Gasteiger partial charge < -0.3 is 13.9 Å². The summed E-state index contributed by atoms with van der Waals surface area (Å²) in [4.78, 5) is 2.40. The van der Waals surface area contributed by atoms with Crippen molar-refractivity contribution in [2.45, 2.75) is 12.8 Å². The number of fused-ring (bicyclic) bond motifs is 6. The molecular formula is C66H46N2O. The lowest BCUT2D eigenvalue weighted by atomic mass is 9.93. The molecule has 10 aromatic carbocycles.